The highest BCUT2D eigenvalue weighted by Gasteiger charge is 2.19. The first-order valence-corrected chi connectivity index (χ1v) is 7.35. The van der Waals surface area contributed by atoms with Crippen LogP contribution in [0.5, 0.6) is 0 Å². The summed E-state index contributed by atoms with van der Waals surface area (Å²) < 4.78 is 13.6. The number of hydrogen-bond donors (Lipinski definition) is 2. The topological polar surface area (TPSA) is 49.3 Å². The lowest BCUT2D eigenvalue weighted by molar-refractivity contribution is 0.0692. The third-order valence-electron chi connectivity index (χ3n) is 4.28. The van der Waals surface area contributed by atoms with Crippen molar-refractivity contribution in [1.29, 1.82) is 0 Å². The molecule has 20 heavy (non-hydrogen) atoms. The van der Waals surface area contributed by atoms with Crippen LogP contribution < -0.4 is 5.32 Å². The van der Waals surface area contributed by atoms with Crippen LogP contribution in [-0.4, -0.2) is 17.1 Å². The summed E-state index contributed by atoms with van der Waals surface area (Å²) in [4.78, 5) is 10.7. The van der Waals surface area contributed by atoms with Crippen LogP contribution in [0.4, 0.5) is 4.39 Å². The molecule has 2 rings (SSSR count). The first-order valence-electron chi connectivity index (χ1n) is 7.35. The van der Waals surface area contributed by atoms with Crippen LogP contribution in [0.15, 0.2) is 18.2 Å². The summed E-state index contributed by atoms with van der Waals surface area (Å²) in [6, 6.07) is 4.83. The van der Waals surface area contributed by atoms with Crippen LogP contribution >= 0.6 is 0 Å². The fourth-order valence-electron chi connectivity index (χ4n) is 2.88. The van der Waals surface area contributed by atoms with Crippen molar-refractivity contribution in [2.24, 2.45) is 5.92 Å². The van der Waals surface area contributed by atoms with Crippen molar-refractivity contribution in [2.45, 2.75) is 51.6 Å². The van der Waals surface area contributed by atoms with Crippen molar-refractivity contribution < 1.29 is 14.3 Å². The third kappa shape index (κ3) is 3.79. The summed E-state index contributed by atoms with van der Waals surface area (Å²) >= 11 is 0. The Bertz CT molecular complexity index is 468. The van der Waals surface area contributed by atoms with Gasteiger partial charge in [0, 0.05) is 12.6 Å². The molecule has 0 amide bonds. The second-order valence-electron chi connectivity index (χ2n) is 5.63. The molecule has 2 N–H and O–H groups in total. The molecule has 1 saturated carbocycles. The van der Waals surface area contributed by atoms with E-state index in [0.717, 1.165) is 11.5 Å². The zero-order chi connectivity index (χ0) is 14.5. The van der Waals surface area contributed by atoms with Crippen LogP contribution in [-0.2, 0) is 6.54 Å². The summed E-state index contributed by atoms with van der Waals surface area (Å²) in [5.74, 6) is -1.02. The van der Waals surface area contributed by atoms with Crippen molar-refractivity contribution in [3.05, 3.63) is 35.1 Å². The summed E-state index contributed by atoms with van der Waals surface area (Å²) in [6.45, 7) is 2.84. The van der Waals surface area contributed by atoms with Gasteiger partial charge in [0.25, 0.3) is 0 Å². The van der Waals surface area contributed by atoms with Crippen molar-refractivity contribution in [3.8, 4) is 0 Å². The second-order valence-corrected chi connectivity index (χ2v) is 5.63. The van der Waals surface area contributed by atoms with Crippen molar-refractivity contribution in [1.82, 2.24) is 5.32 Å². The van der Waals surface area contributed by atoms with Gasteiger partial charge in [-0.1, -0.05) is 19.4 Å². The Morgan fingerprint density at radius 1 is 1.35 bits per heavy atom. The highest BCUT2D eigenvalue weighted by molar-refractivity contribution is 5.87. The first kappa shape index (κ1) is 15.0. The van der Waals surface area contributed by atoms with Gasteiger partial charge >= 0.3 is 5.97 Å². The van der Waals surface area contributed by atoms with E-state index in [2.05, 4.69) is 12.2 Å². The number of rotatable bonds is 5. The number of nitrogens with one attached hydrogen (secondary N) is 1. The molecular weight excluding hydrogens is 257 g/mol. The molecule has 1 fully saturated rings. The third-order valence-corrected chi connectivity index (χ3v) is 4.28. The van der Waals surface area contributed by atoms with E-state index in [0.29, 0.717) is 12.6 Å². The van der Waals surface area contributed by atoms with Crippen LogP contribution in [0, 0.1) is 11.7 Å². The van der Waals surface area contributed by atoms with Crippen LogP contribution in [0.25, 0.3) is 0 Å². The van der Waals surface area contributed by atoms with E-state index in [1.807, 2.05) is 0 Å². The average molecular weight is 279 g/mol. The summed E-state index contributed by atoms with van der Waals surface area (Å²) in [6.07, 6.45) is 6.14. The predicted molar refractivity (Wildman–Crippen MR) is 76.2 cm³/mol. The average Bonchev–Trinajstić information content (AvgIpc) is 2.45. The Kier molecular flexibility index (Phi) is 5.12. The molecule has 0 unspecified atom stereocenters. The number of hydrogen-bond acceptors (Lipinski definition) is 2. The van der Waals surface area contributed by atoms with Gasteiger partial charge in [0.05, 0.1) is 5.56 Å². The quantitative estimate of drug-likeness (QED) is 0.866. The molecule has 0 bridgehead atoms. The lowest BCUT2D eigenvalue weighted by atomic mass is 9.84. The monoisotopic (exact) mass is 279 g/mol. The van der Waals surface area contributed by atoms with Gasteiger partial charge in [-0.15, -0.1) is 0 Å². The van der Waals surface area contributed by atoms with Gasteiger partial charge in [0.1, 0.15) is 5.82 Å². The Balaban J connectivity index is 1.85. The van der Waals surface area contributed by atoms with Gasteiger partial charge in [-0.3, -0.25) is 0 Å². The van der Waals surface area contributed by atoms with E-state index >= 15 is 0 Å². The van der Waals surface area contributed by atoms with E-state index in [4.69, 9.17) is 5.11 Å². The SMILES string of the molecule is CCC1CCC(NCc2ccc(C(=O)O)c(F)c2)CC1. The van der Waals surface area contributed by atoms with Crippen molar-refractivity contribution in [2.75, 3.05) is 0 Å². The Morgan fingerprint density at radius 2 is 2.05 bits per heavy atom. The maximum absolute atomic E-state index is 13.6. The maximum atomic E-state index is 13.6. The van der Waals surface area contributed by atoms with Gasteiger partial charge < -0.3 is 10.4 Å². The van der Waals surface area contributed by atoms with E-state index in [1.54, 1.807) is 6.07 Å². The van der Waals surface area contributed by atoms with E-state index in [1.165, 1.54) is 44.2 Å². The Labute approximate surface area is 119 Å². The second kappa shape index (κ2) is 6.84. The standard InChI is InChI=1S/C16H22FNO2/c1-2-11-3-6-13(7-4-11)18-10-12-5-8-14(16(19)20)15(17)9-12/h5,8-9,11,13,18H,2-4,6-7,10H2,1H3,(H,19,20). The molecule has 0 saturated heterocycles. The molecule has 0 spiro atoms. The lowest BCUT2D eigenvalue weighted by Crippen LogP contribution is -2.32. The highest BCUT2D eigenvalue weighted by atomic mass is 19.1. The molecule has 0 aliphatic heterocycles. The molecule has 1 aliphatic carbocycles. The molecular formula is C16H22FNO2. The molecule has 4 heteroatoms. The Hall–Kier alpha value is -1.42. The molecule has 0 heterocycles. The van der Waals surface area contributed by atoms with Gasteiger partial charge in [-0.05, 0) is 49.3 Å². The van der Waals surface area contributed by atoms with Crippen molar-refractivity contribution in [3.63, 3.8) is 0 Å². The van der Waals surface area contributed by atoms with Gasteiger partial charge in [-0.25, -0.2) is 9.18 Å². The minimum absolute atomic E-state index is 0.266. The first-order chi connectivity index (χ1) is 9.60. The van der Waals surface area contributed by atoms with E-state index in [9.17, 15) is 9.18 Å². The van der Waals surface area contributed by atoms with Gasteiger partial charge in [0.2, 0.25) is 0 Å². The van der Waals surface area contributed by atoms with Crippen LogP contribution in [0.2, 0.25) is 0 Å². The van der Waals surface area contributed by atoms with Gasteiger partial charge in [0.15, 0.2) is 0 Å². The normalized spacial score (nSPS) is 22.7. The van der Waals surface area contributed by atoms with Crippen LogP contribution in [0.3, 0.4) is 0 Å². The van der Waals surface area contributed by atoms with E-state index < -0.39 is 11.8 Å². The van der Waals surface area contributed by atoms with E-state index in [-0.39, 0.29) is 5.56 Å². The highest BCUT2D eigenvalue weighted by Crippen LogP contribution is 2.26. The number of carboxylic acids is 1. The number of halogens is 1. The molecule has 0 atom stereocenters. The lowest BCUT2D eigenvalue weighted by Gasteiger charge is -2.28. The molecule has 0 aromatic heterocycles. The minimum atomic E-state index is -1.22. The smallest absolute Gasteiger partial charge is 0.338 e. The Morgan fingerprint density at radius 3 is 2.60 bits per heavy atom. The number of aromatic carboxylic acids is 1. The predicted octanol–water partition coefficient (Wildman–Crippen LogP) is 3.58. The number of benzene rings is 1. The zero-order valence-electron chi connectivity index (χ0n) is 11.9. The zero-order valence-corrected chi connectivity index (χ0v) is 11.9. The molecule has 110 valence electrons. The summed E-state index contributed by atoms with van der Waals surface area (Å²) in [5, 5.41) is 12.2. The molecule has 1 aromatic carbocycles. The number of carbonyl (C=O) groups is 1. The largest absolute Gasteiger partial charge is 0.478 e. The minimum Gasteiger partial charge on any atom is -0.478 e. The molecule has 1 aromatic rings. The van der Waals surface area contributed by atoms with Crippen molar-refractivity contribution >= 4 is 5.97 Å². The van der Waals surface area contributed by atoms with Gasteiger partial charge in [-0.2, -0.15) is 0 Å². The summed E-state index contributed by atoms with van der Waals surface area (Å²) in [7, 11) is 0. The molecule has 3 nitrogen and oxygen atoms in total. The maximum Gasteiger partial charge on any atom is 0.338 e. The fourth-order valence-corrected chi connectivity index (χ4v) is 2.88. The molecule has 1 aliphatic rings. The summed E-state index contributed by atoms with van der Waals surface area (Å²) in [5.41, 5.74) is 0.530. The van der Waals surface area contributed by atoms with Crippen LogP contribution in [0.1, 0.15) is 54.9 Å². The molecule has 0 radical (unpaired) electrons. The number of carboxylic acid groups (broad SMARTS) is 1. The fraction of sp³-hybridized carbons (Fsp3) is 0.562.